The molecule has 0 aromatic heterocycles. The highest BCUT2D eigenvalue weighted by Crippen LogP contribution is 2.29. The monoisotopic (exact) mass is 462 g/mol. The highest BCUT2D eigenvalue weighted by atomic mass is 35.5. The Balaban J connectivity index is 1.89. The topological polar surface area (TPSA) is 114 Å². The maximum Gasteiger partial charge on any atom is 0.295 e. The second-order valence-electron chi connectivity index (χ2n) is 6.34. The molecule has 2 N–H and O–H groups in total. The largest absolute Gasteiger partial charge is 0.295 e. The van der Waals surface area contributed by atoms with Crippen LogP contribution in [0.3, 0.4) is 0 Å². The van der Waals surface area contributed by atoms with Crippen molar-refractivity contribution in [2.75, 3.05) is 10.1 Å². The standard InChI is InChI=1S/C20H16ClFN4O4S/c1-13(17-4-2-3-5-18(17)22)23-24-19-11-10-16(12-20(19)26(27)28)31(29,30)25-15-8-6-14(21)7-9-15/h2-12,24-25H,1H3. The Kier molecular flexibility index (Phi) is 6.52. The Bertz CT molecular complexity index is 1260. The van der Waals surface area contributed by atoms with E-state index in [-0.39, 0.29) is 27.5 Å². The van der Waals surface area contributed by atoms with Gasteiger partial charge in [-0.25, -0.2) is 12.8 Å². The van der Waals surface area contributed by atoms with Crippen molar-refractivity contribution in [3.05, 3.63) is 93.2 Å². The summed E-state index contributed by atoms with van der Waals surface area (Å²) in [5.74, 6) is -0.491. The number of nitrogens with one attached hydrogen (secondary N) is 2. The van der Waals surface area contributed by atoms with Crippen molar-refractivity contribution in [2.45, 2.75) is 11.8 Å². The number of hydrogen-bond acceptors (Lipinski definition) is 6. The lowest BCUT2D eigenvalue weighted by molar-refractivity contribution is -0.384. The zero-order valence-corrected chi connectivity index (χ0v) is 17.6. The minimum Gasteiger partial charge on any atom is -0.280 e. The lowest BCUT2D eigenvalue weighted by Gasteiger charge is -2.10. The average Bonchev–Trinajstić information content (AvgIpc) is 2.73. The molecule has 3 aromatic rings. The van der Waals surface area contributed by atoms with E-state index in [1.165, 1.54) is 61.5 Å². The van der Waals surface area contributed by atoms with E-state index in [1.54, 1.807) is 6.07 Å². The molecule has 0 radical (unpaired) electrons. The summed E-state index contributed by atoms with van der Waals surface area (Å²) in [4.78, 5) is 10.4. The van der Waals surface area contributed by atoms with Crippen LogP contribution in [0.2, 0.25) is 5.02 Å². The number of halogens is 2. The molecule has 0 unspecified atom stereocenters. The fourth-order valence-corrected chi connectivity index (χ4v) is 3.82. The van der Waals surface area contributed by atoms with Crippen LogP contribution in [0, 0.1) is 15.9 Å². The number of nitrogens with zero attached hydrogens (tertiary/aromatic N) is 2. The lowest BCUT2D eigenvalue weighted by Crippen LogP contribution is -2.13. The number of sulfonamides is 1. The van der Waals surface area contributed by atoms with Gasteiger partial charge in [0.2, 0.25) is 0 Å². The fraction of sp³-hybridized carbons (Fsp3) is 0.0500. The molecule has 3 rings (SSSR count). The van der Waals surface area contributed by atoms with Crippen molar-refractivity contribution in [3.63, 3.8) is 0 Å². The van der Waals surface area contributed by atoms with Crippen LogP contribution >= 0.6 is 11.6 Å². The summed E-state index contributed by atoms with van der Waals surface area (Å²) < 4.78 is 41.4. The van der Waals surface area contributed by atoms with Gasteiger partial charge in [-0.15, -0.1) is 0 Å². The average molecular weight is 463 g/mol. The quantitative estimate of drug-likeness (QED) is 0.290. The van der Waals surface area contributed by atoms with Gasteiger partial charge in [0.05, 0.1) is 15.5 Å². The Labute approximate surface area is 182 Å². The SMILES string of the molecule is CC(=NNc1ccc(S(=O)(=O)Nc2ccc(Cl)cc2)cc1[N+](=O)[O-])c1ccccc1F. The second kappa shape index (κ2) is 9.11. The normalized spacial score (nSPS) is 11.8. The van der Waals surface area contributed by atoms with Gasteiger partial charge in [-0.05, 0) is 49.4 Å². The minimum atomic E-state index is -4.09. The first-order valence-electron chi connectivity index (χ1n) is 8.79. The molecule has 0 aliphatic heterocycles. The van der Waals surface area contributed by atoms with E-state index >= 15 is 0 Å². The predicted molar refractivity (Wildman–Crippen MR) is 118 cm³/mol. The summed E-state index contributed by atoms with van der Waals surface area (Å²) in [6.45, 7) is 1.53. The molecular weight excluding hydrogens is 447 g/mol. The van der Waals surface area contributed by atoms with E-state index in [9.17, 15) is 22.9 Å². The van der Waals surface area contributed by atoms with Gasteiger partial charge in [0.15, 0.2) is 0 Å². The van der Waals surface area contributed by atoms with Gasteiger partial charge >= 0.3 is 0 Å². The molecule has 0 saturated carbocycles. The lowest BCUT2D eigenvalue weighted by atomic mass is 10.1. The Hall–Kier alpha value is -3.50. The van der Waals surface area contributed by atoms with Crippen molar-refractivity contribution in [2.24, 2.45) is 5.10 Å². The summed E-state index contributed by atoms with van der Waals surface area (Å²) >= 11 is 5.78. The molecule has 0 atom stereocenters. The van der Waals surface area contributed by atoms with Crippen molar-refractivity contribution < 1.29 is 17.7 Å². The fourth-order valence-electron chi connectivity index (χ4n) is 2.62. The third-order valence-electron chi connectivity index (χ3n) is 4.18. The van der Waals surface area contributed by atoms with Crippen molar-refractivity contribution in [1.29, 1.82) is 0 Å². The molecule has 11 heteroatoms. The Morgan fingerprint density at radius 2 is 1.77 bits per heavy atom. The van der Waals surface area contributed by atoms with Crippen LogP contribution in [0.4, 0.5) is 21.5 Å². The van der Waals surface area contributed by atoms with Crippen molar-refractivity contribution in [1.82, 2.24) is 0 Å². The summed E-state index contributed by atoms with van der Waals surface area (Å²) in [6.07, 6.45) is 0. The van der Waals surface area contributed by atoms with E-state index in [4.69, 9.17) is 11.6 Å². The van der Waals surface area contributed by atoms with E-state index < -0.39 is 26.5 Å². The molecule has 31 heavy (non-hydrogen) atoms. The van der Waals surface area contributed by atoms with Crippen LogP contribution in [0.25, 0.3) is 0 Å². The summed E-state index contributed by atoms with van der Waals surface area (Å²) in [5.41, 5.74) is 2.68. The van der Waals surface area contributed by atoms with Gasteiger partial charge in [0.25, 0.3) is 15.7 Å². The van der Waals surface area contributed by atoms with E-state index in [2.05, 4.69) is 15.2 Å². The number of anilines is 2. The molecule has 3 aromatic carbocycles. The number of nitro benzene ring substituents is 1. The van der Waals surface area contributed by atoms with E-state index in [0.717, 1.165) is 6.07 Å². The number of rotatable bonds is 7. The van der Waals surface area contributed by atoms with Gasteiger partial charge in [-0.3, -0.25) is 20.3 Å². The number of hydrazone groups is 1. The number of nitro groups is 1. The molecule has 0 heterocycles. The predicted octanol–water partition coefficient (Wildman–Crippen LogP) is 5.02. The maximum absolute atomic E-state index is 13.9. The molecule has 0 fully saturated rings. The smallest absolute Gasteiger partial charge is 0.280 e. The molecule has 0 aliphatic carbocycles. The van der Waals surface area contributed by atoms with Gasteiger partial charge in [-0.1, -0.05) is 29.8 Å². The van der Waals surface area contributed by atoms with Crippen LogP contribution in [-0.4, -0.2) is 19.1 Å². The minimum absolute atomic E-state index is 0.0499. The van der Waals surface area contributed by atoms with Crippen LogP contribution in [0.1, 0.15) is 12.5 Å². The first-order valence-corrected chi connectivity index (χ1v) is 10.7. The van der Waals surface area contributed by atoms with Crippen LogP contribution in [0.5, 0.6) is 0 Å². The first kappa shape index (κ1) is 22.2. The number of hydrogen-bond donors (Lipinski definition) is 2. The van der Waals surface area contributed by atoms with E-state index in [1.807, 2.05) is 0 Å². The zero-order valence-electron chi connectivity index (χ0n) is 16.0. The van der Waals surface area contributed by atoms with Gasteiger partial charge < -0.3 is 0 Å². The van der Waals surface area contributed by atoms with Crippen LogP contribution in [0.15, 0.2) is 76.7 Å². The molecule has 0 bridgehead atoms. The molecular formula is C20H16ClFN4O4S. The molecule has 0 saturated heterocycles. The van der Waals surface area contributed by atoms with Crippen molar-refractivity contribution >= 4 is 44.4 Å². The molecule has 0 spiro atoms. The number of benzene rings is 3. The van der Waals surface area contributed by atoms with Crippen LogP contribution < -0.4 is 10.1 Å². The van der Waals surface area contributed by atoms with Crippen LogP contribution in [-0.2, 0) is 10.0 Å². The van der Waals surface area contributed by atoms with Crippen molar-refractivity contribution in [3.8, 4) is 0 Å². The molecule has 8 nitrogen and oxygen atoms in total. The third-order valence-corrected chi connectivity index (χ3v) is 5.81. The van der Waals surface area contributed by atoms with Gasteiger partial charge in [0, 0.05) is 22.3 Å². The zero-order chi connectivity index (χ0) is 22.6. The van der Waals surface area contributed by atoms with Gasteiger partial charge in [0.1, 0.15) is 11.5 Å². The first-order chi connectivity index (χ1) is 14.7. The summed E-state index contributed by atoms with van der Waals surface area (Å²) in [5, 5.41) is 15.9. The highest BCUT2D eigenvalue weighted by Gasteiger charge is 2.22. The Morgan fingerprint density at radius 3 is 2.42 bits per heavy atom. The second-order valence-corrected chi connectivity index (χ2v) is 8.46. The molecule has 0 aliphatic rings. The van der Waals surface area contributed by atoms with E-state index in [0.29, 0.717) is 5.02 Å². The van der Waals surface area contributed by atoms with Gasteiger partial charge in [-0.2, -0.15) is 5.10 Å². The highest BCUT2D eigenvalue weighted by molar-refractivity contribution is 7.92. The summed E-state index contributed by atoms with van der Waals surface area (Å²) in [7, 11) is -4.09. The Morgan fingerprint density at radius 1 is 1.10 bits per heavy atom. The maximum atomic E-state index is 13.9. The summed E-state index contributed by atoms with van der Waals surface area (Å²) in [6, 6.07) is 15.2. The molecule has 0 amide bonds. The molecule has 160 valence electrons. The third kappa shape index (κ3) is 5.36.